The quantitative estimate of drug-likeness (QED) is 0.378. The van der Waals surface area contributed by atoms with Crippen LogP contribution in [0.4, 0.5) is 5.69 Å². The van der Waals surface area contributed by atoms with E-state index in [0.717, 1.165) is 28.3 Å². The van der Waals surface area contributed by atoms with Gasteiger partial charge in [0.05, 0.1) is 24.3 Å². The van der Waals surface area contributed by atoms with Gasteiger partial charge in [-0.3, -0.25) is 4.79 Å². The van der Waals surface area contributed by atoms with Crippen LogP contribution in [0, 0.1) is 0 Å². The van der Waals surface area contributed by atoms with Crippen molar-refractivity contribution in [1.29, 1.82) is 0 Å². The molecular weight excluding hydrogens is 440 g/mol. The number of carbonyl (C=O) groups excluding carboxylic acids is 1. The minimum Gasteiger partial charge on any atom is -0.497 e. The van der Waals surface area contributed by atoms with Crippen LogP contribution in [0.5, 0.6) is 11.8 Å². The molecule has 9 heteroatoms. The maximum Gasteiger partial charge on any atom is 0.336 e. The minimum atomic E-state index is -0.210. The molecular formula is C24H24N4O4S. The fraction of sp³-hybridized carbons (Fsp3) is 0.208. The van der Waals surface area contributed by atoms with Gasteiger partial charge >= 0.3 is 6.01 Å². The number of nitrogens with zero attached hydrogens (tertiary/aromatic N) is 3. The van der Waals surface area contributed by atoms with E-state index in [0.29, 0.717) is 24.1 Å². The molecule has 170 valence electrons. The monoisotopic (exact) mass is 464 g/mol. The molecule has 0 spiro atoms. The maximum absolute atomic E-state index is 11.7. The molecule has 0 fully saturated rings. The highest BCUT2D eigenvalue weighted by atomic mass is 32.1. The predicted molar refractivity (Wildman–Crippen MR) is 127 cm³/mol. The summed E-state index contributed by atoms with van der Waals surface area (Å²) < 4.78 is 17.7. The van der Waals surface area contributed by atoms with E-state index in [1.165, 1.54) is 7.11 Å². The lowest BCUT2D eigenvalue weighted by molar-refractivity contribution is -0.119. The molecule has 0 aliphatic rings. The van der Waals surface area contributed by atoms with E-state index in [2.05, 4.69) is 15.4 Å². The number of carbonyl (C=O) groups is 1. The Morgan fingerprint density at radius 3 is 2.52 bits per heavy atom. The SMILES string of the molecule is COCC(=O)Nc1ccc(-n2nc(OCCc3ccc(OC)cc3)nc2-c2cccs2)cc1. The number of ether oxygens (including phenoxy) is 3. The third-order valence-electron chi connectivity index (χ3n) is 4.78. The first-order valence-electron chi connectivity index (χ1n) is 10.3. The number of anilines is 1. The van der Waals surface area contributed by atoms with Gasteiger partial charge < -0.3 is 19.5 Å². The Kier molecular flexibility index (Phi) is 7.33. The number of thiophene rings is 1. The average Bonchev–Trinajstić information content (AvgIpc) is 3.50. The minimum absolute atomic E-state index is 0.00454. The number of hydrogen-bond donors (Lipinski definition) is 1. The molecule has 0 aliphatic carbocycles. The van der Waals surface area contributed by atoms with E-state index < -0.39 is 0 Å². The Hall–Kier alpha value is -3.69. The van der Waals surface area contributed by atoms with Gasteiger partial charge in [-0.2, -0.15) is 4.98 Å². The summed E-state index contributed by atoms with van der Waals surface area (Å²) in [6.45, 7) is 0.454. The number of amides is 1. The second kappa shape index (κ2) is 10.8. The fourth-order valence-electron chi connectivity index (χ4n) is 3.17. The molecule has 0 unspecified atom stereocenters. The molecule has 2 heterocycles. The molecule has 0 bridgehead atoms. The van der Waals surface area contributed by atoms with Crippen molar-refractivity contribution in [2.45, 2.75) is 6.42 Å². The lowest BCUT2D eigenvalue weighted by Crippen LogP contribution is -2.17. The zero-order valence-corrected chi connectivity index (χ0v) is 19.2. The third kappa shape index (κ3) is 5.76. The van der Waals surface area contributed by atoms with Crippen LogP contribution < -0.4 is 14.8 Å². The molecule has 4 rings (SSSR count). The molecule has 2 aromatic heterocycles. The van der Waals surface area contributed by atoms with Gasteiger partial charge in [0.2, 0.25) is 5.91 Å². The first kappa shape index (κ1) is 22.5. The van der Waals surface area contributed by atoms with Crippen LogP contribution in [-0.2, 0) is 16.0 Å². The summed E-state index contributed by atoms with van der Waals surface area (Å²) >= 11 is 1.58. The van der Waals surface area contributed by atoms with E-state index >= 15 is 0 Å². The summed E-state index contributed by atoms with van der Waals surface area (Å²) in [4.78, 5) is 17.3. The van der Waals surface area contributed by atoms with Gasteiger partial charge in [0, 0.05) is 19.2 Å². The molecule has 2 aromatic carbocycles. The van der Waals surface area contributed by atoms with Crippen LogP contribution >= 0.6 is 11.3 Å². The number of rotatable bonds is 10. The van der Waals surface area contributed by atoms with E-state index in [4.69, 9.17) is 14.2 Å². The van der Waals surface area contributed by atoms with Crippen molar-refractivity contribution in [3.05, 3.63) is 71.6 Å². The Bertz CT molecular complexity index is 1170. The molecule has 4 aromatic rings. The van der Waals surface area contributed by atoms with Crippen LogP contribution in [0.2, 0.25) is 0 Å². The topological polar surface area (TPSA) is 87.5 Å². The molecule has 33 heavy (non-hydrogen) atoms. The first-order chi connectivity index (χ1) is 16.2. The first-order valence-corrected chi connectivity index (χ1v) is 11.2. The highest BCUT2D eigenvalue weighted by molar-refractivity contribution is 7.13. The molecule has 0 saturated carbocycles. The Morgan fingerprint density at radius 1 is 1.06 bits per heavy atom. The van der Waals surface area contributed by atoms with E-state index in [1.54, 1.807) is 23.1 Å². The van der Waals surface area contributed by atoms with Crippen LogP contribution in [0.25, 0.3) is 16.4 Å². The molecule has 0 radical (unpaired) electrons. The Balaban J connectivity index is 1.49. The number of benzene rings is 2. The van der Waals surface area contributed by atoms with Crippen molar-refractivity contribution in [3.8, 4) is 28.1 Å². The van der Waals surface area contributed by atoms with Crippen molar-refractivity contribution in [3.63, 3.8) is 0 Å². The lowest BCUT2D eigenvalue weighted by Gasteiger charge is -2.07. The molecule has 1 amide bonds. The van der Waals surface area contributed by atoms with Gasteiger partial charge in [-0.05, 0) is 53.4 Å². The second-order valence-electron chi connectivity index (χ2n) is 7.08. The number of nitrogens with one attached hydrogen (secondary N) is 1. The van der Waals surface area contributed by atoms with Crippen molar-refractivity contribution < 1.29 is 19.0 Å². The highest BCUT2D eigenvalue weighted by Gasteiger charge is 2.16. The zero-order chi connectivity index (χ0) is 23.0. The van der Waals surface area contributed by atoms with E-state index in [9.17, 15) is 4.79 Å². The van der Waals surface area contributed by atoms with E-state index in [1.807, 2.05) is 66.0 Å². The van der Waals surface area contributed by atoms with Gasteiger partial charge in [0.1, 0.15) is 12.4 Å². The summed E-state index contributed by atoms with van der Waals surface area (Å²) in [6.07, 6.45) is 0.725. The fourth-order valence-corrected chi connectivity index (χ4v) is 3.86. The summed E-state index contributed by atoms with van der Waals surface area (Å²) in [7, 11) is 3.13. The maximum atomic E-state index is 11.7. The molecule has 1 N–H and O–H groups in total. The summed E-state index contributed by atoms with van der Waals surface area (Å²) in [6, 6.07) is 19.5. The second-order valence-corrected chi connectivity index (χ2v) is 8.03. The molecule has 8 nitrogen and oxygen atoms in total. The molecule has 0 aliphatic heterocycles. The van der Waals surface area contributed by atoms with Gasteiger partial charge in [-0.1, -0.05) is 18.2 Å². The van der Waals surface area contributed by atoms with Crippen LogP contribution in [-0.4, -0.2) is 48.1 Å². The van der Waals surface area contributed by atoms with Crippen LogP contribution in [0.15, 0.2) is 66.0 Å². The normalized spacial score (nSPS) is 10.7. The van der Waals surface area contributed by atoms with Crippen molar-refractivity contribution in [2.75, 3.05) is 32.8 Å². The number of aromatic nitrogens is 3. The standard InChI is InChI=1S/C24H24N4O4S/c1-30-16-22(29)25-18-7-9-19(10-8-18)28-23(21-4-3-15-33-21)26-24(27-28)32-14-13-17-5-11-20(31-2)12-6-17/h3-12,15H,13-14,16H2,1-2H3,(H,25,29). The summed E-state index contributed by atoms with van der Waals surface area (Å²) in [5.41, 5.74) is 2.62. The average molecular weight is 465 g/mol. The predicted octanol–water partition coefficient (Wildman–Crippen LogP) is 4.21. The third-order valence-corrected chi connectivity index (χ3v) is 5.65. The van der Waals surface area contributed by atoms with Gasteiger partial charge in [0.15, 0.2) is 5.82 Å². The van der Waals surface area contributed by atoms with E-state index in [-0.39, 0.29) is 12.5 Å². The van der Waals surface area contributed by atoms with Gasteiger partial charge in [-0.15, -0.1) is 16.4 Å². The van der Waals surface area contributed by atoms with Crippen LogP contribution in [0.1, 0.15) is 5.56 Å². The smallest absolute Gasteiger partial charge is 0.336 e. The molecule has 0 saturated heterocycles. The van der Waals surface area contributed by atoms with Crippen LogP contribution in [0.3, 0.4) is 0 Å². The van der Waals surface area contributed by atoms with Crippen molar-refractivity contribution in [2.24, 2.45) is 0 Å². The Labute approximate surface area is 195 Å². The largest absolute Gasteiger partial charge is 0.497 e. The summed E-state index contributed by atoms with van der Waals surface area (Å²) in [5.74, 6) is 1.31. The van der Waals surface area contributed by atoms with Crippen molar-refractivity contribution >= 4 is 22.9 Å². The molecule has 0 atom stereocenters. The van der Waals surface area contributed by atoms with Gasteiger partial charge in [-0.25, -0.2) is 4.68 Å². The van der Waals surface area contributed by atoms with Crippen molar-refractivity contribution in [1.82, 2.24) is 14.8 Å². The summed E-state index contributed by atoms with van der Waals surface area (Å²) in [5, 5.41) is 9.35. The number of methoxy groups -OCH3 is 2. The lowest BCUT2D eigenvalue weighted by atomic mass is 10.1. The Morgan fingerprint density at radius 2 is 1.85 bits per heavy atom. The number of hydrogen-bond acceptors (Lipinski definition) is 7. The van der Waals surface area contributed by atoms with Gasteiger partial charge in [0.25, 0.3) is 0 Å². The highest BCUT2D eigenvalue weighted by Crippen LogP contribution is 2.28. The zero-order valence-electron chi connectivity index (χ0n) is 18.4.